The van der Waals surface area contributed by atoms with Gasteiger partial charge in [0.1, 0.15) is 5.60 Å². The Hall–Kier alpha value is -2.41. The highest BCUT2D eigenvalue weighted by Crippen LogP contribution is 2.45. The second-order valence-electron chi connectivity index (χ2n) is 12.8. The average Bonchev–Trinajstić information content (AvgIpc) is 2.71. The molecule has 1 saturated heterocycles. The van der Waals surface area contributed by atoms with Crippen molar-refractivity contribution in [3.63, 3.8) is 0 Å². The zero-order valence-electron chi connectivity index (χ0n) is 23.5. The summed E-state index contributed by atoms with van der Waals surface area (Å²) in [6, 6.07) is 3.85. The van der Waals surface area contributed by atoms with Crippen LogP contribution in [0.5, 0.6) is 0 Å². The Labute approximate surface area is 216 Å². The summed E-state index contributed by atoms with van der Waals surface area (Å²) >= 11 is 0. The predicted octanol–water partition coefficient (Wildman–Crippen LogP) is 7.02. The largest absolute Gasteiger partial charge is 0.464 e. The second kappa shape index (κ2) is 10.2. The predicted molar refractivity (Wildman–Crippen MR) is 142 cm³/mol. The fourth-order valence-corrected chi connectivity index (χ4v) is 5.20. The van der Waals surface area contributed by atoms with Gasteiger partial charge >= 0.3 is 12.1 Å². The molecule has 36 heavy (non-hydrogen) atoms. The molecule has 2 atom stereocenters. The highest BCUT2D eigenvalue weighted by atomic mass is 16.6. The molecular formula is C29H44N2O5. The summed E-state index contributed by atoms with van der Waals surface area (Å²) < 4.78 is 17.1. The lowest BCUT2D eigenvalue weighted by atomic mass is 9.77. The molecule has 0 bridgehead atoms. The van der Waals surface area contributed by atoms with Gasteiger partial charge in [0.05, 0.1) is 23.6 Å². The van der Waals surface area contributed by atoms with Gasteiger partial charge in [0, 0.05) is 11.6 Å². The number of amides is 1. The van der Waals surface area contributed by atoms with Gasteiger partial charge in [-0.2, -0.15) is 0 Å². The summed E-state index contributed by atoms with van der Waals surface area (Å²) in [5, 5.41) is 2.92. The zero-order valence-corrected chi connectivity index (χ0v) is 23.5. The van der Waals surface area contributed by atoms with Crippen LogP contribution >= 0.6 is 0 Å². The molecule has 0 spiro atoms. The number of esters is 1. The van der Waals surface area contributed by atoms with Crippen LogP contribution in [0.1, 0.15) is 112 Å². The zero-order chi connectivity index (χ0) is 26.9. The summed E-state index contributed by atoms with van der Waals surface area (Å²) in [5.41, 5.74) is 1.50. The van der Waals surface area contributed by atoms with Gasteiger partial charge in [-0.1, -0.05) is 19.9 Å². The molecule has 0 radical (unpaired) electrons. The Morgan fingerprint density at radius 3 is 2.42 bits per heavy atom. The van der Waals surface area contributed by atoms with Crippen LogP contribution in [0.15, 0.2) is 18.2 Å². The van der Waals surface area contributed by atoms with Gasteiger partial charge in [0.25, 0.3) is 0 Å². The SMILES string of the molecule is CCOC(=O)C1(C)CC(c2ccc(NC(=O)OC(C)(C)C)c(C3=CCC(C)(C)CC3)n2)CC(C)(C)O1. The first kappa shape index (κ1) is 28.2. The van der Waals surface area contributed by atoms with E-state index in [-0.39, 0.29) is 17.3 Å². The molecule has 1 aromatic rings. The molecule has 1 amide bonds. The van der Waals surface area contributed by atoms with Crippen LogP contribution in [-0.2, 0) is 19.0 Å². The molecule has 7 heteroatoms. The number of hydrogen-bond acceptors (Lipinski definition) is 6. The third-order valence-corrected chi connectivity index (χ3v) is 6.83. The Balaban J connectivity index is 1.99. The molecule has 1 aliphatic carbocycles. The number of aromatic nitrogens is 1. The molecule has 3 rings (SSSR count). The van der Waals surface area contributed by atoms with Crippen molar-refractivity contribution in [2.24, 2.45) is 5.41 Å². The topological polar surface area (TPSA) is 86.8 Å². The number of ether oxygens (including phenoxy) is 3. The molecule has 2 aliphatic rings. The van der Waals surface area contributed by atoms with Crippen molar-refractivity contribution >= 4 is 23.3 Å². The Bertz CT molecular complexity index is 1020. The molecule has 7 nitrogen and oxygen atoms in total. The van der Waals surface area contributed by atoms with Gasteiger partial charge in [-0.3, -0.25) is 10.3 Å². The number of nitrogens with zero attached hydrogens (tertiary/aromatic N) is 1. The first-order valence-corrected chi connectivity index (χ1v) is 13.1. The van der Waals surface area contributed by atoms with Crippen molar-refractivity contribution in [2.45, 2.75) is 117 Å². The monoisotopic (exact) mass is 500 g/mol. The minimum absolute atomic E-state index is 0.00175. The minimum atomic E-state index is -1.05. The summed E-state index contributed by atoms with van der Waals surface area (Å²) in [6.07, 6.45) is 5.81. The molecule has 1 N–H and O–H groups in total. The minimum Gasteiger partial charge on any atom is -0.464 e. The number of hydrogen-bond donors (Lipinski definition) is 1. The number of carbonyl (C=O) groups excluding carboxylic acids is 2. The third kappa shape index (κ3) is 7.09. The first-order chi connectivity index (χ1) is 16.5. The smallest absolute Gasteiger partial charge is 0.412 e. The van der Waals surface area contributed by atoms with Crippen molar-refractivity contribution in [3.05, 3.63) is 29.6 Å². The van der Waals surface area contributed by atoms with Crippen LogP contribution in [0.2, 0.25) is 0 Å². The molecule has 2 unspecified atom stereocenters. The van der Waals surface area contributed by atoms with E-state index in [0.29, 0.717) is 18.7 Å². The van der Waals surface area contributed by atoms with Gasteiger partial charge in [0.15, 0.2) is 5.60 Å². The van der Waals surface area contributed by atoms with Crippen molar-refractivity contribution in [2.75, 3.05) is 11.9 Å². The van der Waals surface area contributed by atoms with E-state index in [4.69, 9.17) is 19.2 Å². The van der Waals surface area contributed by atoms with Gasteiger partial charge in [-0.15, -0.1) is 0 Å². The maximum Gasteiger partial charge on any atom is 0.412 e. The van der Waals surface area contributed by atoms with Gasteiger partial charge < -0.3 is 14.2 Å². The van der Waals surface area contributed by atoms with E-state index in [1.54, 1.807) is 6.92 Å². The highest BCUT2D eigenvalue weighted by Gasteiger charge is 2.48. The number of allylic oxidation sites excluding steroid dienone is 2. The highest BCUT2D eigenvalue weighted by molar-refractivity contribution is 5.89. The lowest BCUT2D eigenvalue weighted by Gasteiger charge is -2.45. The van der Waals surface area contributed by atoms with Gasteiger partial charge in [-0.25, -0.2) is 9.59 Å². The van der Waals surface area contributed by atoms with Crippen LogP contribution in [0.4, 0.5) is 10.5 Å². The van der Waals surface area contributed by atoms with Crippen molar-refractivity contribution in [1.29, 1.82) is 0 Å². The summed E-state index contributed by atoms with van der Waals surface area (Å²) in [7, 11) is 0. The molecule has 1 aliphatic heterocycles. The maximum atomic E-state index is 12.8. The van der Waals surface area contributed by atoms with E-state index in [0.717, 1.165) is 42.6 Å². The summed E-state index contributed by atoms with van der Waals surface area (Å²) in [4.78, 5) is 30.5. The van der Waals surface area contributed by atoms with E-state index in [1.807, 2.05) is 53.7 Å². The van der Waals surface area contributed by atoms with E-state index >= 15 is 0 Å². The number of pyridine rings is 1. The average molecular weight is 501 g/mol. The van der Waals surface area contributed by atoms with Crippen molar-refractivity contribution < 1.29 is 23.8 Å². The van der Waals surface area contributed by atoms with Gasteiger partial charge in [0.2, 0.25) is 0 Å². The number of anilines is 1. The van der Waals surface area contributed by atoms with Gasteiger partial charge in [-0.05, 0) is 104 Å². The molecule has 200 valence electrons. The summed E-state index contributed by atoms with van der Waals surface area (Å²) in [5.74, 6) is -0.346. The molecule has 1 fully saturated rings. The van der Waals surface area contributed by atoms with E-state index in [9.17, 15) is 9.59 Å². The van der Waals surface area contributed by atoms with Crippen LogP contribution in [0.25, 0.3) is 5.57 Å². The summed E-state index contributed by atoms with van der Waals surface area (Å²) in [6.45, 7) is 18.0. The Morgan fingerprint density at radius 2 is 1.83 bits per heavy atom. The fraction of sp³-hybridized carbons (Fsp3) is 0.690. The second-order valence-corrected chi connectivity index (χ2v) is 12.8. The molecule has 0 aromatic carbocycles. The third-order valence-electron chi connectivity index (χ3n) is 6.83. The number of carbonyl (C=O) groups is 2. The molecule has 0 saturated carbocycles. The normalized spacial score (nSPS) is 25.5. The number of rotatable bonds is 5. The van der Waals surface area contributed by atoms with Crippen LogP contribution in [0, 0.1) is 5.41 Å². The fourth-order valence-electron chi connectivity index (χ4n) is 5.20. The Kier molecular flexibility index (Phi) is 7.95. The van der Waals surface area contributed by atoms with Crippen molar-refractivity contribution in [1.82, 2.24) is 4.98 Å². The van der Waals surface area contributed by atoms with Crippen LogP contribution in [-0.4, -0.2) is 40.5 Å². The van der Waals surface area contributed by atoms with E-state index < -0.39 is 22.9 Å². The van der Waals surface area contributed by atoms with E-state index in [2.05, 4.69) is 25.2 Å². The quantitative estimate of drug-likeness (QED) is 0.437. The molecule has 2 heterocycles. The molecule has 1 aromatic heterocycles. The van der Waals surface area contributed by atoms with Crippen LogP contribution in [0.3, 0.4) is 0 Å². The standard InChI is InChI=1S/C29H44N2O5/c1-10-34-24(32)29(9)18-20(17-28(7,8)36-29)21-11-12-22(31-25(33)35-26(2,3)4)23(30-21)19-13-15-27(5,6)16-14-19/h11-13,20H,10,14-18H2,1-9H3,(H,31,33). The lowest BCUT2D eigenvalue weighted by Crippen LogP contribution is -2.52. The molecular weight excluding hydrogens is 456 g/mol. The van der Waals surface area contributed by atoms with E-state index in [1.165, 1.54) is 0 Å². The number of nitrogens with one attached hydrogen (secondary N) is 1. The van der Waals surface area contributed by atoms with Crippen molar-refractivity contribution in [3.8, 4) is 0 Å². The van der Waals surface area contributed by atoms with Crippen LogP contribution < -0.4 is 5.32 Å². The Morgan fingerprint density at radius 1 is 1.14 bits per heavy atom. The lowest BCUT2D eigenvalue weighted by molar-refractivity contribution is -0.205. The first-order valence-electron chi connectivity index (χ1n) is 13.1. The maximum absolute atomic E-state index is 12.8.